The second-order valence-corrected chi connectivity index (χ2v) is 7.49. The van der Waals surface area contributed by atoms with Gasteiger partial charge in [-0.2, -0.15) is 0 Å². The van der Waals surface area contributed by atoms with Crippen molar-refractivity contribution in [3.8, 4) is 0 Å². The van der Waals surface area contributed by atoms with Gasteiger partial charge in [0.1, 0.15) is 6.04 Å². The van der Waals surface area contributed by atoms with Crippen LogP contribution in [-0.4, -0.2) is 28.8 Å². The Labute approximate surface area is 172 Å². The fourth-order valence-corrected chi connectivity index (χ4v) is 3.15. The van der Waals surface area contributed by atoms with Crippen molar-refractivity contribution in [2.75, 3.05) is 0 Å². The zero-order valence-corrected chi connectivity index (χ0v) is 17.6. The number of carbonyl (C=O) groups is 2. The molecule has 2 aromatic rings. The van der Waals surface area contributed by atoms with Gasteiger partial charge in [0.05, 0.1) is 6.42 Å². The van der Waals surface area contributed by atoms with Crippen molar-refractivity contribution in [2.45, 2.75) is 58.7 Å². The lowest BCUT2D eigenvalue weighted by molar-refractivity contribution is -0.141. The Morgan fingerprint density at radius 1 is 0.964 bits per heavy atom. The Morgan fingerprint density at radius 3 is 2.18 bits per heavy atom. The summed E-state index contributed by atoms with van der Waals surface area (Å²) in [6.45, 7) is 6.34. The minimum absolute atomic E-state index is 0.0719. The maximum Gasteiger partial charge on any atom is 0.243 e. The van der Waals surface area contributed by atoms with Crippen LogP contribution in [0.4, 0.5) is 0 Å². The molecule has 28 heavy (non-hydrogen) atoms. The van der Waals surface area contributed by atoms with Crippen LogP contribution in [0, 0.1) is 0 Å². The van der Waals surface area contributed by atoms with E-state index in [4.69, 9.17) is 11.6 Å². The molecule has 150 valence electrons. The molecule has 2 amide bonds. The Morgan fingerprint density at radius 2 is 1.61 bits per heavy atom. The quantitative estimate of drug-likeness (QED) is 0.668. The summed E-state index contributed by atoms with van der Waals surface area (Å²) in [4.78, 5) is 27.7. The molecule has 0 fully saturated rings. The predicted molar refractivity (Wildman–Crippen MR) is 114 cm³/mol. The summed E-state index contributed by atoms with van der Waals surface area (Å²) in [7, 11) is 0. The summed E-state index contributed by atoms with van der Waals surface area (Å²) in [5.74, 6) is -0.172. The van der Waals surface area contributed by atoms with Crippen molar-refractivity contribution < 1.29 is 9.59 Å². The summed E-state index contributed by atoms with van der Waals surface area (Å²) >= 11 is 5.95. The van der Waals surface area contributed by atoms with E-state index in [-0.39, 0.29) is 24.3 Å². The zero-order valence-electron chi connectivity index (χ0n) is 16.8. The summed E-state index contributed by atoms with van der Waals surface area (Å²) in [6, 6.07) is 16.6. The van der Waals surface area contributed by atoms with E-state index < -0.39 is 6.04 Å². The smallest absolute Gasteiger partial charge is 0.243 e. The van der Waals surface area contributed by atoms with E-state index in [1.165, 1.54) is 0 Å². The van der Waals surface area contributed by atoms with Crippen LogP contribution >= 0.6 is 11.6 Å². The van der Waals surface area contributed by atoms with Crippen molar-refractivity contribution in [1.29, 1.82) is 0 Å². The van der Waals surface area contributed by atoms with Crippen LogP contribution in [0.1, 0.15) is 44.7 Å². The first-order chi connectivity index (χ1) is 13.4. The molecule has 2 aromatic carbocycles. The third-order valence-corrected chi connectivity index (χ3v) is 5.10. The fraction of sp³-hybridized carbons (Fsp3) is 0.391. The first-order valence-corrected chi connectivity index (χ1v) is 10.2. The molecule has 2 atom stereocenters. The fourth-order valence-electron chi connectivity index (χ4n) is 3.02. The average molecular weight is 401 g/mol. The van der Waals surface area contributed by atoms with Gasteiger partial charge in [0.15, 0.2) is 0 Å². The number of hydrogen-bond acceptors (Lipinski definition) is 2. The van der Waals surface area contributed by atoms with Crippen LogP contribution in [-0.2, 0) is 22.6 Å². The van der Waals surface area contributed by atoms with E-state index in [9.17, 15) is 9.59 Å². The van der Waals surface area contributed by atoms with E-state index in [1.807, 2.05) is 63.2 Å². The van der Waals surface area contributed by atoms with E-state index in [0.717, 1.165) is 17.5 Å². The van der Waals surface area contributed by atoms with Crippen LogP contribution in [0.2, 0.25) is 5.02 Å². The lowest BCUT2D eigenvalue weighted by atomic mass is 10.1. The molecule has 0 bridgehead atoms. The van der Waals surface area contributed by atoms with Gasteiger partial charge in [-0.25, -0.2) is 0 Å². The highest BCUT2D eigenvalue weighted by atomic mass is 35.5. The van der Waals surface area contributed by atoms with Gasteiger partial charge in [0.25, 0.3) is 0 Å². The van der Waals surface area contributed by atoms with Gasteiger partial charge in [-0.1, -0.05) is 67.9 Å². The Kier molecular flexibility index (Phi) is 8.52. The maximum atomic E-state index is 13.2. The lowest BCUT2D eigenvalue weighted by Gasteiger charge is -2.31. The number of nitrogens with one attached hydrogen (secondary N) is 1. The minimum Gasteiger partial charge on any atom is -0.352 e. The van der Waals surface area contributed by atoms with E-state index in [2.05, 4.69) is 5.32 Å². The van der Waals surface area contributed by atoms with Crippen molar-refractivity contribution in [3.05, 3.63) is 70.7 Å². The minimum atomic E-state index is -0.506. The van der Waals surface area contributed by atoms with Crippen LogP contribution in [0.3, 0.4) is 0 Å². The molecule has 2 rings (SSSR count). The van der Waals surface area contributed by atoms with Crippen LogP contribution in [0.25, 0.3) is 0 Å². The van der Waals surface area contributed by atoms with Crippen molar-refractivity contribution in [2.24, 2.45) is 0 Å². The standard InChI is InChI=1S/C23H29ClN2O2/c1-4-17(3)25-23(28)21(5-2)26(16-19-9-7-6-8-10-19)22(27)15-18-11-13-20(24)14-12-18/h6-14,17,21H,4-5,15-16H2,1-3H3,(H,25,28)/t17-,21+/m1/s1. The molecule has 0 aromatic heterocycles. The van der Waals surface area contributed by atoms with Crippen LogP contribution < -0.4 is 5.32 Å². The Hall–Kier alpha value is -2.33. The van der Waals surface area contributed by atoms with Gasteiger partial charge in [-0.15, -0.1) is 0 Å². The van der Waals surface area contributed by atoms with Crippen molar-refractivity contribution in [1.82, 2.24) is 10.2 Å². The summed E-state index contributed by atoms with van der Waals surface area (Å²) in [5, 5.41) is 3.66. The maximum absolute atomic E-state index is 13.2. The van der Waals surface area contributed by atoms with E-state index in [0.29, 0.717) is 18.0 Å². The number of nitrogens with zero attached hydrogens (tertiary/aromatic N) is 1. The molecule has 0 saturated carbocycles. The van der Waals surface area contributed by atoms with Gasteiger partial charge in [-0.05, 0) is 43.0 Å². The number of hydrogen-bond donors (Lipinski definition) is 1. The molecule has 0 spiro atoms. The summed E-state index contributed by atoms with van der Waals surface area (Å²) in [6.07, 6.45) is 1.64. The van der Waals surface area contributed by atoms with Crippen LogP contribution in [0.5, 0.6) is 0 Å². The van der Waals surface area contributed by atoms with Gasteiger partial charge in [0.2, 0.25) is 11.8 Å². The molecule has 0 unspecified atom stereocenters. The molecule has 0 radical (unpaired) electrons. The van der Waals surface area contributed by atoms with E-state index in [1.54, 1.807) is 17.0 Å². The summed E-state index contributed by atoms with van der Waals surface area (Å²) in [5.41, 5.74) is 1.88. The third-order valence-electron chi connectivity index (χ3n) is 4.85. The number of rotatable bonds is 9. The first kappa shape index (κ1) is 22.0. The topological polar surface area (TPSA) is 49.4 Å². The largest absolute Gasteiger partial charge is 0.352 e. The molecule has 5 heteroatoms. The lowest BCUT2D eigenvalue weighted by Crippen LogP contribution is -2.51. The Bertz CT molecular complexity index is 762. The van der Waals surface area contributed by atoms with E-state index >= 15 is 0 Å². The molecule has 1 N–H and O–H groups in total. The van der Waals surface area contributed by atoms with Gasteiger partial charge >= 0.3 is 0 Å². The molecule has 0 saturated heterocycles. The SMILES string of the molecule is CC[C@@H](C)NC(=O)[C@H](CC)N(Cc1ccccc1)C(=O)Cc1ccc(Cl)cc1. The highest BCUT2D eigenvalue weighted by Gasteiger charge is 2.29. The predicted octanol–water partition coefficient (Wildman–Crippen LogP) is 4.60. The second kappa shape index (κ2) is 10.9. The van der Waals surface area contributed by atoms with Gasteiger partial charge < -0.3 is 10.2 Å². The average Bonchev–Trinajstić information content (AvgIpc) is 2.70. The number of amides is 2. The molecular weight excluding hydrogens is 372 g/mol. The molecule has 0 aliphatic carbocycles. The highest BCUT2D eigenvalue weighted by Crippen LogP contribution is 2.16. The summed E-state index contributed by atoms with van der Waals surface area (Å²) < 4.78 is 0. The zero-order chi connectivity index (χ0) is 20.5. The third kappa shape index (κ3) is 6.38. The second-order valence-electron chi connectivity index (χ2n) is 7.05. The van der Waals surface area contributed by atoms with Crippen molar-refractivity contribution >= 4 is 23.4 Å². The van der Waals surface area contributed by atoms with Crippen LogP contribution in [0.15, 0.2) is 54.6 Å². The Balaban J connectivity index is 2.24. The molecular formula is C23H29ClN2O2. The van der Waals surface area contributed by atoms with Gasteiger partial charge in [-0.3, -0.25) is 9.59 Å². The number of carbonyl (C=O) groups excluding carboxylic acids is 2. The monoisotopic (exact) mass is 400 g/mol. The molecule has 0 heterocycles. The molecule has 0 aliphatic rings. The molecule has 0 aliphatic heterocycles. The number of benzene rings is 2. The van der Waals surface area contributed by atoms with Gasteiger partial charge in [0, 0.05) is 17.6 Å². The number of halogens is 1. The highest BCUT2D eigenvalue weighted by molar-refractivity contribution is 6.30. The first-order valence-electron chi connectivity index (χ1n) is 9.82. The normalized spacial score (nSPS) is 12.9. The van der Waals surface area contributed by atoms with Crippen molar-refractivity contribution in [3.63, 3.8) is 0 Å². The molecule has 4 nitrogen and oxygen atoms in total.